The summed E-state index contributed by atoms with van der Waals surface area (Å²) in [7, 11) is 0. The van der Waals surface area contributed by atoms with E-state index in [0.29, 0.717) is 0 Å². The number of benzene rings is 1. The van der Waals surface area contributed by atoms with Gasteiger partial charge in [0.05, 0.1) is 18.0 Å². The van der Waals surface area contributed by atoms with E-state index in [0.717, 1.165) is 10.8 Å². The lowest BCUT2D eigenvalue weighted by molar-refractivity contribution is -0.125. The highest BCUT2D eigenvalue weighted by Crippen LogP contribution is 2.24. The van der Waals surface area contributed by atoms with E-state index in [1.165, 1.54) is 22.9 Å². The predicted octanol–water partition coefficient (Wildman–Crippen LogP) is 2.61. The van der Waals surface area contributed by atoms with Gasteiger partial charge in [-0.2, -0.15) is 0 Å². The monoisotopic (exact) mass is 374 g/mol. The second-order valence-corrected chi connectivity index (χ2v) is 8.10. The minimum Gasteiger partial charge on any atom is -0.350 e. The van der Waals surface area contributed by atoms with Crippen LogP contribution >= 0.6 is 11.8 Å². The highest BCUT2D eigenvalue weighted by Gasteiger charge is 2.15. The van der Waals surface area contributed by atoms with Crippen LogP contribution in [0.15, 0.2) is 35.7 Å². The van der Waals surface area contributed by atoms with Crippen LogP contribution in [-0.4, -0.2) is 39.2 Å². The number of carbonyl (C=O) groups excluding carboxylic acids is 2. The van der Waals surface area contributed by atoms with Crippen molar-refractivity contribution in [2.45, 2.75) is 45.3 Å². The molecule has 1 aromatic heterocycles. The van der Waals surface area contributed by atoms with E-state index in [-0.39, 0.29) is 29.7 Å². The molecule has 140 valence electrons. The summed E-state index contributed by atoms with van der Waals surface area (Å²) in [6.07, 6.45) is 3.61. The second kappa shape index (κ2) is 8.40. The predicted molar refractivity (Wildman–Crippen MR) is 105 cm³/mol. The fourth-order valence-corrected chi connectivity index (χ4v) is 3.19. The Morgan fingerprint density at radius 1 is 1.19 bits per heavy atom. The summed E-state index contributed by atoms with van der Waals surface area (Å²) in [4.78, 5) is 28.1. The molecule has 0 atom stereocenters. The van der Waals surface area contributed by atoms with Gasteiger partial charge < -0.3 is 10.6 Å². The first-order chi connectivity index (χ1) is 12.2. The summed E-state index contributed by atoms with van der Waals surface area (Å²) in [5, 5.41) is 6.19. The fourth-order valence-electron chi connectivity index (χ4n) is 2.40. The molecule has 26 heavy (non-hydrogen) atoms. The normalized spacial score (nSPS) is 11.3. The van der Waals surface area contributed by atoms with Crippen LogP contribution in [0.3, 0.4) is 0 Å². The van der Waals surface area contributed by atoms with Crippen molar-refractivity contribution in [3.8, 4) is 5.69 Å². The summed E-state index contributed by atoms with van der Waals surface area (Å²) in [6, 6.07) is 6.11. The standard InChI is InChI=1S/C19H26N4O2S/c1-13-7-6-8-15(14(13)2)23-10-9-20-18(23)26-12-17(25)21-11-16(24)22-19(3,4)5/h6-10H,11-12H2,1-5H3,(H,21,25)(H,22,24). The fraction of sp³-hybridized carbons (Fsp3) is 0.421. The van der Waals surface area contributed by atoms with Crippen LogP contribution in [0, 0.1) is 13.8 Å². The number of rotatable bonds is 6. The van der Waals surface area contributed by atoms with Crippen molar-refractivity contribution in [2.75, 3.05) is 12.3 Å². The van der Waals surface area contributed by atoms with Crippen LogP contribution in [0.25, 0.3) is 5.69 Å². The van der Waals surface area contributed by atoms with Gasteiger partial charge in [0.1, 0.15) is 0 Å². The number of amides is 2. The first-order valence-electron chi connectivity index (χ1n) is 8.48. The first-order valence-corrected chi connectivity index (χ1v) is 9.46. The van der Waals surface area contributed by atoms with Crippen LogP contribution in [-0.2, 0) is 9.59 Å². The molecule has 0 radical (unpaired) electrons. The zero-order valence-electron chi connectivity index (χ0n) is 15.9. The summed E-state index contributed by atoms with van der Waals surface area (Å²) in [5.74, 6) is -0.202. The van der Waals surface area contributed by atoms with Gasteiger partial charge >= 0.3 is 0 Å². The van der Waals surface area contributed by atoms with Gasteiger partial charge in [-0.1, -0.05) is 23.9 Å². The minimum atomic E-state index is -0.313. The number of thioether (sulfide) groups is 1. The SMILES string of the molecule is Cc1cccc(-n2ccnc2SCC(=O)NCC(=O)NC(C)(C)C)c1C. The Hall–Kier alpha value is -2.28. The average molecular weight is 375 g/mol. The molecule has 0 bridgehead atoms. The molecule has 2 rings (SSSR count). The van der Waals surface area contributed by atoms with Gasteiger partial charge in [-0.25, -0.2) is 4.98 Å². The molecule has 0 fully saturated rings. The van der Waals surface area contributed by atoms with Gasteiger partial charge in [0.25, 0.3) is 0 Å². The molecule has 0 aliphatic heterocycles. The molecule has 2 N–H and O–H groups in total. The lowest BCUT2D eigenvalue weighted by Gasteiger charge is -2.20. The Labute approximate surface area is 158 Å². The Kier molecular flexibility index (Phi) is 6.47. The van der Waals surface area contributed by atoms with Gasteiger partial charge in [-0.3, -0.25) is 14.2 Å². The lowest BCUT2D eigenvalue weighted by atomic mass is 10.1. The van der Waals surface area contributed by atoms with Crippen LogP contribution in [0.5, 0.6) is 0 Å². The zero-order chi connectivity index (χ0) is 19.3. The Bertz CT molecular complexity index is 793. The molecule has 2 amide bonds. The van der Waals surface area contributed by atoms with Crippen molar-refractivity contribution in [3.63, 3.8) is 0 Å². The van der Waals surface area contributed by atoms with Crippen molar-refractivity contribution < 1.29 is 9.59 Å². The molecule has 0 spiro atoms. The Morgan fingerprint density at radius 2 is 1.92 bits per heavy atom. The van der Waals surface area contributed by atoms with Crippen LogP contribution in [0.4, 0.5) is 0 Å². The first kappa shape index (κ1) is 20.0. The third-order valence-corrected chi connectivity index (χ3v) is 4.70. The van der Waals surface area contributed by atoms with Gasteiger partial charge in [0, 0.05) is 17.9 Å². The van der Waals surface area contributed by atoms with Crippen molar-refractivity contribution in [1.82, 2.24) is 20.2 Å². The van der Waals surface area contributed by atoms with E-state index in [9.17, 15) is 9.59 Å². The Morgan fingerprint density at radius 3 is 2.62 bits per heavy atom. The number of aromatic nitrogens is 2. The number of hydrogen-bond donors (Lipinski definition) is 2. The maximum Gasteiger partial charge on any atom is 0.239 e. The van der Waals surface area contributed by atoms with Crippen LogP contribution in [0.1, 0.15) is 31.9 Å². The van der Waals surface area contributed by atoms with E-state index < -0.39 is 0 Å². The number of hydrogen-bond acceptors (Lipinski definition) is 4. The quantitative estimate of drug-likeness (QED) is 0.762. The summed E-state index contributed by atoms with van der Waals surface area (Å²) in [6.45, 7) is 9.81. The Balaban J connectivity index is 1.93. The van der Waals surface area contributed by atoms with E-state index in [4.69, 9.17) is 0 Å². The van der Waals surface area contributed by atoms with Crippen molar-refractivity contribution in [2.24, 2.45) is 0 Å². The molecule has 0 unspecified atom stereocenters. The molecule has 0 aliphatic carbocycles. The summed E-state index contributed by atoms with van der Waals surface area (Å²) in [5.41, 5.74) is 3.12. The highest BCUT2D eigenvalue weighted by atomic mass is 32.2. The molecule has 2 aromatic rings. The molecule has 0 saturated heterocycles. The molecule has 7 heteroatoms. The average Bonchev–Trinajstić information content (AvgIpc) is 3.00. The molecular weight excluding hydrogens is 348 g/mol. The lowest BCUT2D eigenvalue weighted by Crippen LogP contribution is -2.46. The van der Waals surface area contributed by atoms with Crippen LogP contribution in [0.2, 0.25) is 0 Å². The molecular formula is C19H26N4O2S. The minimum absolute atomic E-state index is 0.0257. The van der Waals surface area contributed by atoms with E-state index in [1.54, 1.807) is 6.20 Å². The van der Waals surface area contributed by atoms with Crippen LogP contribution < -0.4 is 10.6 Å². The molecule has 1 aromatic carbocycles. The zero-order valence-corrected chi connectivity index (χ0v) is 16.7. The number of aryl methyl sites for hydroxylation is 1. The largest absolute Gasteiger partial charge is 0.350 e. The topological polar surface area (TPSA) is 76.0 Å². The third kappa shape index (κ3) is 5.62. The smallest absolute Gasteiger partial charge is 0.239 e. The van der Waals surface area contributed by atoms with Gasteiger partial charge in [-0.05, 0) is 51.8 Å². The maximum absolute atomic E-state index is 12.0. The van der Waals surface area contributed by atoms with E-state index in [1.807, 2.05) is 43.7 Å². The number of imidazole rings is 1. The van der Waals surface area contributed by atoms with Gasteiger partial charge in [-0.15, -0.1) is 0 Å². The van der Waals surface area contributed by atoms with E-state index >= 15 is 0 Å². The molecule has 0 saturated carbocycles. The summed E-state index contributed by atoms with van der Waals surface area (Å²) >= 11 is 1.34. The number of nitrogens with one attached hydrogen (secondary N) is 2. The molecule has 6 nitrogen and oxygen atoms in total. The second-order valence-electron chi connectivity index (χ2n) is 7.16. The summed E-state index contributed by atoms with van der Waals surface area (Å²) < 4.78 is 1.98. The number of nitrogens with zero attached hydrogens (tertiary/aromatic N) is 2. The van der Waals surface area contributed by atoms with Gasteiger partial charge in [0.2, 0.25) is 11.8 Å². The molecule has 0 aliphatic rings. The molecule has 1 heterocycles. The van der Waals surface area contributed by atoms with Crippen molar-refractivity contribution in [1.29, 1.82) is 0 Å². The number of carbonyl (C=O) groups is 2. The van der Waals surface area contributed by atoms with E-state index in [2.05, 4.69) is 35.5 Å². The van der Waals surface area contributed by atoms with Crippen molar-refractivity contribution >= 4 is 23.6 Å². The third-order valence-electron chi connectivity index (χ3n) is 3.74. The highest BCUT2D eigenvalue weighted by molar-refractivity contribution is 7.99. The van der Waals surface area contributed by atoms with Crippen molar-refractivity contribution in [3.05, 3.63) is 41.7 Å². The van der Waals surface area contributed by atoms with Gasteiger partial charge in [0.15, 0.2) is 5.16 Å². The maximum atomic E-state index is 12.0.